The van der Waals surface area contributed by atoms with Gasteiger partial charge >= 0.3 is 12.1 Å². The van der Waals surface area contributed by atoms with E-state index in [1.807, 2.05) is 0 Å². The van der Waals surface area contributed by atoms with Crippen molar-refractivity contribution in [2.75, 3.05) is 13.1 Å². The van der Waals surface area contributed by atoms with Crippen LogP contribution in [0.25, 0.3) is 0 Å². The van der Waals surface area contributed by atoms with Gasteiger partial charge in [0.05, 0.1) is 5.41 Å². The second kappa shape index (κ2) is 4.59. The Hall–Kier alpha value is -0.810. The van der Waals surface area contributed by atoms with Gasteiger partial charge < -0.3 is 19.8 Å². The van der Waals surface area contributed by atoms with Crippen molar-refractivity contribution in [3.05, 3.63) is 0 Å². The predicted octanol–water partition coefficient (Wildman–Crippen LogP) is 1.29. The fourth-order valence-electron chi connectivity index (χ4n) is 1.42. The SMILES string of the molecule is CC(C)(C)C(O)(O)OC(=O)N1CCCCC1. The molecule has 1 heterocycles. The Morgan fingerprint density at radius 3 is 2.06 bits per heavy atom. The molecule has 1 aliphatic heterocycles. The van der Waals surface area contributed by atoms with Gasteiger partial charge in [-0.2, -0.15) is 0 Å². The van der Waals surface area contributed by atoms with Gasteiger partial charge in [0.25, 0.3) is 0 Å². The molecule has 0 spiro atoms. The van der Waals surface area contributed by atoms with E-state index in [9.17, 15) is 15.0 Å². The molecule has 1 aliphatic rings. The number of hydrogen-bond acceptors (Lipinski definition) is 4. The third-order valence-electron chi connectivity index (χ3n) is 2.82. The number of hydrogen-bond donors (Lipinski definition) is 2. The van der Waals surface area contributed by atoms with Gasteiger partial charge in [-0.3, -0.25) is 0 Å². The summed E-state index contributed by atoms with van der Waals surface area (Å²) in [6.45, 7) is 6.03. The van der Waals surface area contributed by atoms with Crippen LogP contribution < -0.4 is 0 Å². The molecule has 16 heavy (non-hydrogen) atoms. The average Bonchev–Trinajstić information content (AvgIpc) is 2.16. The molecule has 0 aromatic carbocycles. The van der Waals surface area contributed by atoms with Crippen LogP contribution in [-0.2, 0) is 4.74 Å². The Bertz CT molecular complexity index is 251. The Balaban J connectivity index is 2.56. The van der Waals surface area contributed by atoms with Crippen molar-refractivity contribution in [1.29, 1.82) is 0 Å². The second-order valence-corrected chi connectivity index (χ2v) is 5.27. The Kier molecular flexibility index (Phi) is 3.80. The molecular formula is C11H21NO4. The number of likely N-dealkylation sites (tertiary alicyclic amines) is 1. The first-order valence-electron chi connectivity index (χ1n) is 5.67. The van der Waals surface area contributed by atoms with E-state index in [4.69, 9.17) is 4.74 Å². The summed E-state index contributed by atoms with van der Waals surface area (Å²) in [5.74, 6) is -2.43. The summed E-state index contributed by atoms with van der Waals surface area (Å²) in [5, 5.41) is 19.3. The summed E-state index contributed by atoms with van der Waals surface area (Å²) in [5.41, 5.74) is -0.932. The smallest absolute Gasteiger partial charge is 0.391 e. The van der Waals surface area contributed by atoms with Crippen molar-refractivity contribution in [2.24, 2.45) is 5.41 Å². The van der Waals surface area contributed by atoms with Gasteiger partial charge in [0.15, 0.2) is 0 Å². The van der Waals surface area contributed by atoms with Crippen molar-refractivity contribution in [1.82, 2.24) is 4.90 Å². The van der Waals surface area contributed by atoms with Crippen LogP contribution in [-0.4, -0.2) is 40.3 Å². The topological polar surface area (TPSA) is 70.0 Å². The largest absolute Gasteiger partial charge is 0.414 e. The molecule has 0 unspecified atom stereocenters. The van der Waals surface area contributed by atoms with Gasteiger partial charge in [-0.15, -0.1) is 0 Å². The third kappa shape index (κ3) is 3.09. The lowest BCUT2D eigenvalue weighted by Crippen LogP contribution is -2.50. The molecule has 0 bridgehead atoms. The molecule has 0 saturated carbocycles. The zero-order chi connectivity index (χ0) is 12.4. The van der Waals surface area contributed by atoms with Gasteiger partial charge in [0.2, 0.25) is 0 Å². The zero-order valence-electron chi connectivity index (χ0n) is 10.2. The van der Waals surface area contributed by atoms with Gasteiger partial charge in [-0.05, 0) is 19.3 Å². The Morgan fingerprint density at radius 2 is 1.62 bits per heavy atom. The van der Waals surface area contributed by atoms with E-state index in [-0.39, 0.29) is 0 Å². The molecule has 94 valence electrons. The van der Waals surface area contributed by atoms with Crippen molar-refractivity contribution < 1.29 is 19.7 Å². The first kappa shape index (κ1) is 13.3. The fourth-order valence-corrected chi connectivity index (χ4v) is 1.42. The highest BCUT2D eigenvalue weighted by Gasteiger charge is 2.43. The Labute approximate surface area is 96.0 Å². The standard InChI is InChI=1S/C11H21NO4/c1-10(2,3)11(14,15)16-9(13)12-7-5-4-6-8-12/h14-15H,4-8H2,1-3H3. The number of nitrogens with zero attached hydrogens (tertiary/aromatic N) is 1. The van der Waals surface area contributed by atoms with Crippen LogP contribution in [0.15, 0.2) is 0 Å². The average molecular weight is 231 g/mol. The fraction of sp³-hybridized carbons (Fsp3) is 0.909. The molecule has 0 aromatic heterocycles. The van der Waals surface area contributed by atoms with Crippen molar-refractivity contribution in [3.8, 4) is 0 Å². The zero-order valence-corrected chi connectivity index (χ0v) is 10.2. The molecule has 1 amide bonds. The normalized spacial score (nSPS) is 18.4. The quantitative estimate of drug-likeness (QED) is 0.667. The number of aliphatic hydroxyl groups is 2. The number of carbonyl (C=O) groups is 1. The van der Waals surface area contributed by atoms with E-state index in [1.165, 1.54) is 4.90 Å². The molecular weight excluding hydrogens is 210 g/mol. The first-order chi connectivity index (χ1) is 7.24. The van der Waals surface area contributed by atoms with Crippen molar-refractivity contribution in [3.63, 3.8) is 0 Å². The van der Waals surface area contributed by atoms with E-state index in [1.54, 1.807) is 20.8 Å². The lowest BCUT2D eigenvalue weighted by atomic mass is 9.93. The monoisotopic (exact) mass is 231 g/mol. The van der Waals surface area contributed by atoms with E-state index in [0.29, 0.717) is 13.1 Å². The van der Waals surface area contributed by atoms with Crippen molar-refractivity contribution >= 4 is 6.09 Å². The maximum atomic E-state index is 11.6. The number of carbonyl (C=O) groups excluding carboxylic acids is 1. The number of piperidine rings is 1. The minimum absolute atomic E-state index is 0.624. The van der Waals surface area contributed by atoms with Crippen LogP contribution in [0.1, 0.15) is 40.0 Å². The molecule has 2 N–H and O–H groups in total. The van der Waals surface area contributed by atoms with Crippen LogP contribution in [0.5, 0.6) is 0 Å². The highest BCUT2D eigenvalue weighted by molar-refractivity contribution is 5.68. The summed E-state index contributed by atoms with van der Waals surface area (Å²) in [4.78, 5) is 13.2. The Morgan fingerprint density at radius 1 is 1.12 bits per heavy atom. The maximum Gasteiger partial charge on any atom is 0.414 e. The number of amides is 1. The maximum absolute atomic E-state index is 11.6. The summed E-state index contributed by atoms with van der Waals surface area (Å²) in [6, 6.07) is 0. The van der Waals surface area contributed by atoms with Gasteiger partial charge in [0.1, 0.15) is 0 Å². The lowest BCUT2D eigenvalue weighted by molar-refractivity contribution is -0.361. The predicted molar refractivity (Wildman–Crippen MR) is 58.5 cm³/mol. The molecule has 5 nitrogen and oxygen atoms in total. The van der Waals surface area contributed by atoms with E-state index in [2.05, 4.69) is 0 Å². The van der Waals surface area contributed by atoms with E-state index >= 15 is 0 Å². The van der Waals surface area contributed by atoms with Crippen LogP contribution in [0.3, 0.4) is 0 Å². The highest BCUT2D eigenvalue weighted by Crippen LogP contribution is 2.29. The van der Waals surface area contributed by atoms with Crippen LogP contribution in [0, 0.1) is 5.41 Å². The minimum Gasteiger partial charge on any atom is -0.391 e. The molecule has 1 rings (SSSR count). The first-order valence-corrected chi connectivity index (χ1v) is 5.67. The van der Waals surface area contributed by atoms with Crippen molar-refractivity contribution in [2.45, 2.75) is 46.0 Å². The molecule has 0 atom stereocenters. The second-order valence-electron chi connectivity index (χ2n) is 5.27. The summed E-state index contributed by atoms with van der Waals surface area (Å²) in [6.07, 6.45) is 2.33. The van der Waals surface area contributed by atoms with E-state index < -0.39 is 17.5 Å². The molecule has 0 radical (unpaired) electrons. The molecule has 0 aliphatic carbocycles. The van der Waals surface area contributed by atoms with Crippen LogP contribution in [0.2, 0.25) is 0 Å². The van der Waals surface area contributed by atoms with Gasteiger partial charge in [-0.25, -0.2) is 4.79 Å². The molecule has 1 fully saturated rings. The highest BCUT2D eigenvalue weighted by atomic mass is 16.8. The third-order valence-corrected chi connectivity index (χ3v) is 2.82. The molecule has 0 aromatic rings. The summed E-state index contributed by atoms with van der Waals surface area (Å²) < 4.78 is 4.74. The van der Waals surface area contributed by atoms with Crippen LogP contribution in [0.4, 0.5) is 4.79 Å². The summed E-state index contributed by atoms with van der Waals surface area (Å²) in [7, 11) is 0. The number of rotatable bonds is 1. The lowest BCUT2D eigenvalue weighted by Gasteiger charge is -2.36. The molecule has 5 heteroatoms. The van der Waals surface area contributed by atoms with Crippen LogP contribution >= 0.6 is 0 Å². The summed E-state index contributed by atoms with van der Waals surface area (Å²) >= 11 is 0. The van der Waals surface area contributed by atoms with E-state index in [0.717, 1.165) is 19.3 Å². The number of ether oxygens (including phenoxy) is 1. The molecule has 1 saturated heterocycles. The minimum atomic E-state index is -2.43. The van der Waals surface area contributed by atoms with Gasteiger partial charge in [-0.1, -0.05) is 20.8 Å². The van der Waals surface area contributed by atoms with Gasteiger partial charge in [0, 0.05) is 13.1 Å².